The number of aromatic nitrogens is 3. The van der Waals surface area contributed by atoms with Crippen LogP contribution in [0.15, 0.2) is 36.8 Å². The minimum Gasteiger partial charge on any atom is -0.299 e. The second-order valence-corrected chi connectivity index (χ2v) is 4.45. The van der Waals surface area contributed by atoms with Crippen LogP contribution in [0.3, 0.4) is 0 Å². The van der Waals surface area contributed by atoms with Crippen molar-refractivity contribution in [3.8, 4) is 5.69 Å². The number of nitro benzene ring substituents is 1. The molecule has 1 aromatic carbocycles. The fourth-order valence-electron chi connectivity index (χ4n) is 2.36. The predicted octanol–water partition coefficient (Wildman–Crippen LogP) is 3.03. The second kappa shape index (κ2) is 4.93. The van der Waals surface area contributed by atoms with Gasteiger partial charge in [0.1, 0.15) is 17.0 Å². The van der Waals surface area contributed by atoms with Crippen molar-refractivity contribution in [2.45, 2.75) is 13.3 Å². The maximum Gasteiger partial charge on any atom is 0.281 e. The van der Waals surface area contributed by atoms with Crippen LogP contribution in [0.5, 0.6) is 0 Å². The van der Waals surface area contributed by atoms with E-state index < -0.39 is 10.7 Å². The van der Waals surface area contributed by atoms with E-state index in [1.165, 1.54) is 6.20 Å². The Bertz CT molecular complexity index is 844. The van der Waals surface area contributed by atoms with Gasteiger partial charge in [-0.25, -0.2) is 9.37 Å². The van der Waals surface area contributed by atoms with Gasteiger partial charge in [0.05, 0.1) is 16.4 Å². The number of rotatable bonds is 3. The molecular weight excluding hydrogens is 275 g/mol. The lowest BCUT2D eigenvalue weighted by Crippen LogP contribution is -2.05. The topological polar surface area (TPSA) is 73.8 Å². The molecule has 0 atom stereocenters. The molecule has 0 fully saturated rings. The van der Waals surface area contributed by atoms with Gasteiger partial charge in [-0.2, -0.15) is 0 Å². The Balaban J connectivity index is 2.42. The van der Waals surface area contributed by atoms with Crippen molar-refractivity contribution in [3.05, 3.63) is 58.5 Å². The van der Waals surface area contributed by atoms with Crippen LogP contribution in [-0.2, 0) is 6.42 Å². The molecular formula is C14H11FN4O2. The summed E-state index contributed by atoms with van der Waals surface area (Å²) in [5.41, 5.74) is 0.139. The van der Waals surface area contributed by atoms with Crippen LogP contribution < -0.4 is 0 Å². The van der Waals surface area contributed by atoms with E-state index in [0.29, 0.717) is 17.6 Å². The maximum absolute atomic E-state index is 14.4. The maximum atomic E-state index is 14.4. The highest BCUT2D eigenvalue weighted by Crippen LogP contribution is 2.32. The minimum atomic E-state index is -0.694. The van der Waals surface area contributed by atoms with E-state index in [1.807, 2.05) is 6.92 Å². The summed E-state index contributed by atoms with van der Waals surface area (Å²) >= 11 is 0. The summed E-state index contributed by atoms with van der Waals surface area (Å²) in [6.45, 7) is 1.90. The Morgan fingerprint density at radius 3 is 2.90 bits per heavy atom. The number of fused-ring (bicyclic) bond motifs is 1. The van der Waals surface area contributed by atoms with Gasteiger partial charge in [0, 0.05) is 25.0 Å². The van der Waals surface area contributed by atoms with E-state index in [1.54, 1.807) is 29.1 Å². The van der Waals surface area contributed by atoms with Crippen LogP contribution in [0.4, 0.5) is 10.1 Å². The molecule has 0 bridgehead atoms. The van der Waals surface area contributed by atoms with Crippen LogP contribution in [0.1, 0.15) is 12.7 Å². The van der Waals surface area contributed by atoms with Gasteiger partial charge < -0.3 is 0 Å². The molecule has 2 heterocycles. The van der Waals surface area contributed by atoms with E-state index in [2.05, 4.69) is 9.97 Å². The number of nitrogens with zero attached hydrogens (tertiary/aromatic N) is 4. The van der Waals surface area contributed by atoms with E-state index in [-0.39, 0.29) is 16.9 Å². The van der Waals surface area contributed by atoms with Crippen molar-refractivity contribution >= 4 is 16.6 Å². The van der Waals surface area contributed by atoms with E-state index >= 15 is 0 Å². The van der Waals surface area contributed by atoms with Gasteiger partial charge in [-0.15, -0.1) is 0 Å². The summed E-state index contributed by atoms with van der Waals surface area (Å²) in [7, 11) is 0. The van der Waals surface area contributed by atoms with Gasteiger partial charge in [-0.3, -0.25) is 19.7 Å². The molecule has 21 heavy (non-hydrogen) atoms. The Labute approximate surface area is 119 Å². The molecule has 0 aliphatic rings. The van der Waals surface area contributed by atoms with Gasteiger partial charge in [-0.1, -0.05) is 6.92 Å². The summed E-state index contributed by atoms with van der Waals surface area (Å²) in [6.07, 6.45) is 5.28. The Kier molecular flexibility index (Phi) is 3.09. The largest absolute Gasteiger partial charge is 0.299 e. The lowest BCUT2D eigenvalue weighted by Gasteiger charge is -2.11. The third kappa shape index (κ3) is 2.03. The molecule has 7 heteroatoms. The fraction of sp³-hybridized carbons (Fsp3) is 0.143. The standard InChI is InChI=1S/C14H11FN4O2/c1-2-12-16-6-7-18(12)14-10(15)8-11(19(20)21)9-4-3-5-17-13(9)14/h3-8H,2H2,1H3. The first-order valence-electron chi connectivity index (χ1n) is 6.37. The molecule has 3 aromatic rings. The van der Waals surface area contributed by atoms with Gasteiger partial charge in [-0.05, 0) is 12.1 Å². The van der Waals surface area contributed by atoms with Gasteiger partial charge in [0.2, 0.25) is 0 Å². The first kappa shape index (κ1) is 13.2. The van der Waals surface area contributed by atoms with Crippen molar-refractivity contribution < 1.29 is 9.31 Å². The molecule has 106 valence electrons. The van der Waals surface area contributed by atoms with Crippen molar-refractivity contribution in [1.82, 2.24) is 14.5 Å². The molecule has 0 saturated carbocycles. The number of halogens is 1. The van der Waals surface area contributed by atoms with Crippen LogP contribution >= 0.6 is 0 Å². The van der Waals surface area contributed by atoms with Gasteiger partial charge >= 0.3 is 0 Å². The zero-order chi connectivity index (χ0) is 15.0. The number of hydrogen-bond acceptors (Lipinski definition) is 4. The zero-order valence-electron chi connectivity index (χ0n) is 11.2. The number of non-ortho nitro benzene ring substituents is 1. The molecule has 0 N–H and O–H groups in total. The molecule has 3 rings (SSSR count). The summed E-state index contributed by atoms with van der Waals surface area (Å²) in [5.74, 6) is -0.0321. The number of hydrogen-bond donors (Lipinski definition) is 0. The van der Waals surface area contributed by atoms with Crippen molar-refractivity contribution in [2.24, 2.45) is 0 Å². The molecule has 0 amide bonds. The normalized spacial score (nSPS) is 11.0. The fourth-order valence-corrected chi connectivity index (χ4v) is 2.36. The number of benzene rings is 1. The average Bonchev–Trinajstić information content (AvgIpc) is 2.94. The predicted molar refractivity (Wildman–Crippen MR) is 74.9 cm³/mol. The molecule has 0 aliphatic carbocycles. The highest BCUT2D eigenvalue weighted by molar-refractivity contribution is 5.94. The Morgan fingerprint density at radius 1 is 1.38 bits per heavy atom. The summed E-state index contributed by atoms with van der Waals surface area (Å²) in [4.78, 5) is 18.7. The Hall–Kier alpha value is -2.83. The minimum absolute atomic E-state index is 0.186. The van der Waals surface area contributed by atoms with Gasteiger partial charge in [0.15, 0.2) is 5.82 Å². The zero-order valence-corrected chi connectivity index (χ0v) is 11.2. The number of pyridine rings is 1. The van der Waals surface area contributed by atoms with E-state index in [9.17, 15) is 14.5 Å². The smallest absolute Gasteiger partial charge is 0.281 e. The molecule has 6 nitrogen and oxygen atoms in total. The monoisotopic (exact) mass is 286 g/mol. The van der Waals surface area contributed by atoms with Gasteiger partial charge in [0.25, 0.3) is 5.69 Å². The summed E-state index contributed by atoms with van der Waals surface area (Å²) in [5, 5.41) is 11.4. The average molecular weight is 286 g/mol. The summed E-state index contributed by atoms with van der Waals surface area (Å²) in [6, 6.07) is 4.08. The number of nitro groups is 1. The quantitative estimate of drug-likeness (QED) is 0.548. The lowest BCUT2D eigenvalue weighted by atomic mass is 10.1. The molecule has 0 radical (unpaired) electrons. The van der Waals surface area contributed by atoms with Crippen molar-refractivity contribution in [2.75, 3.05) is 0 Å². The van der Waals surface area contributed by atoms with Crippen LogP contribution in [-0.4, -0.2) is 19.5 Å². The third-order valence-electron chi connectivity index (χ3n) is 3.27. The molecule has 0 aliphatic heterocycles. The number of aryl methyl sites for hydroxylation is 1. The highest BCUT2D eigenvalue weighted by atomic mass is 19.1. The Morgan fingerprint density at radius 2 is 2.19 bits per heavy atom. The SMILES string of the molecule is CCc1nccn1-c1c(F)cc([N+](=O)[O-])c2cccnc12. The van der Waals surface area contributed by atoms with Crippen molar-refractivity contribution in [3.63, 3.8) is 0 Å². The number of imidazole rings is 1. The van der Waals surface area contributed by atoms with Crippen LogP contribution in [0.2, 0.25) is 0 Å². The first-order valence-corrected chi connectivity index (χ1v) is 6.37. The van der Waals surface area contributed by atoms with Crippen LogP contribution in [0, 0.1) is 15.9 Å². The molecule has 2 aromatic heterocycles. The summed E-state index contributed by atoms with van der Waals surface area (Å²) < 4.78 is 16.0. The first-order chi connectivity index (χ1) is 10.1. The van der Waals surface area contributed by atoms with Crippen molar-refractivity contribution in [1.29, 1.82) is 0 Å². The molecule has 0 unspecified atom stereocenters. The molecule has 0 saturated heterocycles. The van der Waals surface area contributed by atoms with E-state index in [0.717, 1.165) is 6.07 Å². The second-order valence-electron chi connectivity index (χ2n) is 4.45. The van der Waals surface area contributed by atoms with Crippen LogP contribution in [0.25, 0.3) is 16.6 Å². The van der Waals surface area contributed by atoms with E-state index in [4.69, 9.17) is 0 Å². The third-order valence-corrected chi connectivity index (χ3v) is 3.27. The highest BCUT2D eigenvalue weighted by Gasteiger charge is 2.21. The lowest BCUT2D eigenvalue weighted by molar-refractivity contribution is -0.383. The molecule has 0 spiro atoms.